The fourth-order valence-corrected chi connectivity index (χ4v) is 4.46. The predicted octanol–water partition coefficient (Wildman–Crippen LogP) is 4.98. The number of aliphatic hydroxyl groups is 1. The van der Waals surface area contributed by atoms with Crippen molar-refractivity contribution in [3.8, 4) is 0 Å². The molecule has 33 heavy (non-hydrogen) atoms. The van der Waals surface area contributed by atoms with Crippen LogP contribution in [0, 0.1) is 24.0 Å². The van der Waals surface area contributed by atoms with Crippen molar-refractivity contribution in [3.05, 3.63) is 103 Å². The first kappa shape index (κ1) is 22.8. The average Bonchev–Trinajstić information content (AvgIpc) is 2.97. The molecule has 0 radical (unpaired) electrons. The minimum atomic E-state index is -2.05. The minimum Gasteiger partial charge on any atom is -0.375 e. The highest BCUT2D eigenvalue weighted by Crippen LogP contribution is 2.45. The van der Waals surface area contributed by atoms with Gasteiger partial charge < -0.3 is 10.0 Å². The van der Waals surface area contributed by atoms with Crippen molar-refractivity contribution in [2.24, 2.45) is 0 Å². The van der Waals surface area contributed by atoms with Crippen LogP contribution in [0.1, 0.15) is 39.0 Å². The van der Waals surface area contributed by atoms with Crippen LogP contribution < -0.4 is 4.90 Å². The molecule has 0 saturated carbocycles. The van der Waals surface area contributed by atoms with Crippen molar-refractivity contribution in [2.45, 2.75) is 32.4 Å². The number of halogens is 1. The highest BCUT2D eigenvalue weighted by molar-refractivity contribution is 9.10. The van der Waals surface area contributed by atoms with E-state index in [0.717, 1.165) is 16.7 Å². The third kappa shape index (κ3) is 4.19. The number of Topliss-reactive ketones (excluding diaryl/α,β-unsaturated/α-hetero) is 1. The number of fused-ring (bicyclic) bond motifs is 1. The molecule has 3 aromatic rings. The molecule has 4 rings (SSSR count). The summed E-state index contributed by atoms with van der Waals surface area (Å²) >= 11 is 3.39. The van der Waals surface area contributed by atoms with Gasteiger partial charge in [0.05, 0.1) is 23.6 Å². The normalized spacial score (nSPS) is 17.2. The highest BCUT2D eigenvalue weighted by Gasteiger charge is 2.51. The van der Waals surface area contributed by atoms with E-state index in [2.05, 4.69) is 15.9 Å². The van der Waals surface area contributed by atoms with Gasteiger partial charge in [-0.15, -0.1) is 0 Å². The van der Waals surface area contributed by atoms with Crippen LogP contribution in [0.15, 0.2) is 65.1 Å². The van der Waals surface area contributed by atoms with Crippen LogP contribution in [0.2, 0.25) is 0 Å². The highest BCUT2D eigenvalue weighted by atomic mass is 79.9. The molecule has 1 aliphatic heterocycles. The van der Waals surface area contributed by atoms with Gasteiger partial charge >= 0.3 is 0 Å². The molecule has 1 atom stereocenters. The molecule has 168 valence electrons. The van der Waals surface area contributed by atoms with Gasteiger partial charge in [0.15, 0.2) is 11.4 Å². The number of nitrogens with zero attached hydrogens (tertiary/aromatic N) is 2. The maximum absolute atomic E-state index is 13.5. The van der Waals surface area contributed by atoms with Crippen LogP contribution in [0.4, 0.5) is 11.4 Å². The second kappa shape index (κ2) is 8.53. The zero-order valence-corrected chi connectivity index (χ0v) is 19.6. The summed E-state index contributed by atoms with van der Waals surface area (Å²) in [5, 5.41) is 22.4. The summed E-state index contributed by atoms with van der Waals surface area (Å²) < 4.78 is 0.670. The van der Waals surface area contributed by atoms with Gasteiger partial charge in [0.25, 0.3) is 11.6 Å². The van der Waals surface area contributed by atoms with Crippen LogP contribution in [0.5, 0.6) is 0 Å². The number of ketones is 1. The number of hydrogen-bond donors (Lipinski definition) is 1. The van der Waals surface area contributed by atoms with Gasteiger partial charge in [-0.3, -0.25) is 19.7 Å². The van der Waals surface area contributed by atoms with Crippen LogP contribution in [0.25, 0.3) is 0 Å². The smallest absolute Gasteiger partial charge is 0.269 e. The molecule has 0 saturated heterocycles. The number of hydrogen-bond acceptors (Lipinski definition) is 5. The third-order valence-corrected chi connectivity index (χ3v) is 6.44. The number of nitro benzene ring substituents is 1. The SMILES string of the molecule is Cc1ccc(C)c(CN2C(=O)[C@@](O)(CC(=O)c3ccc([N+](=O)[O-])cc3)c3cc(Br)ccc32)c1. The van der Waals surface area contributed by atoms with Gasteiger partial charge in [0.1, 0.15) is 0 Å². The maximum Gasteiger partial charge on any atom is 0.269 e. The largest absolute Gasteiger partial charge is 0.375 e. The van der Waals surface area contributed by atoms with E-state index >= 15 is 0 Å². The fourth-order valence-electron chi connectivity index (χ4n) is 4.09. The Balaban J connectivity index is 1.70. The van der Waals surface area contributed by atoms with Crippen LogP contribution in [-0.2, 0) is 16.9 Å². The summed E-state index contributed by atoms with van der Waals surface area (Å²) in [7, 11) is 0. The van der Waals surface area contributed by atoms with E-state index in [9.17, 15) is 24.8 Å². The Kier molecular flexibility index (Phi) is 5.90. The number of non-ortho nitro benzene ring substituents is 1. The molecular weight excluding hydrogens is 488 g/mol. The quantitative estimate of drug-likeness (QED) is 0.287. The number of nitro groups is 1. The van der Waals surface area contributed by atoms with Crippen LogP contribution in [0.3, 0.4) is 0 Å². The molecule has 7 nitrogen and oxygen atoms in total. The Morgan fingerprint density at radius 2 is 1.79 bits per heavy atom. The maximum atomic E-state index is 13.5. The molecule has 3 aromatic carbocycles. The molecule has 8 heteroatoms. The number of anilines is 1. The Labute approximate surface area is 198 Å². The van der Waals surface area contributed by atoms with Gasteiger partial charge in [-0.1, -0.05) is 39.7 Å². The molecule has 0 fully saturated rings. The van der Waals surface area contributed by atoms with Gasteiger partial charge in [-0.25, -0.2) is 0 Å². The Bertz CT molecular complexity index is 1290. The molecule has 0 aromatic heterocycles. The molecule has 0 bridgehead atoms. The first-order valence-electron chi connectivity index (χ1n) is 10.3. The van der Waals surface area contributed by atoms with Crippen molar-refractivity contribution >= 4 is 39.0 Å². The lowest BCUT2D eigenvalue weighted by Crippen LogP contribution is -2.41. The topological polar surface area (TPSA) is 101 Å². The lowest BCUT2D eigenvalue weighted by molar-refractivity contribution is -0.384. The van der Waals surface area contributed by atoms with Gasteiger partial charge in [0, 0.05) is 27.7 Å². The van der Waals surface area contributed by atoms with E-state index in [1.807, 2.05) is 32.0 Å². The number of benzene rings is 3. The van der Waals surface area contributed by atoms with E-state index in [1.165, 1.54) is 29.2 Å². The van der Waals surface area contributed by atoms with E-state index in [4.69, 9.17) is 0 Å². The lowest BCUT2D eigenvalue weighted by Gasteiger charge is -2.23. The molecular formula is C25H21BrN2O5. The van der Waals surface area contributed by atoms with Crippen LogP contribution in [-0.4, -0.2) is 21.7 Å². The van der Waals surface area contributed by atoms with E-state index in [-0.39, 0.29) is 17.8 Å². The van der Waals surface area contributed by atoms with Crippen LogP contribution >= 0.6 is 15.9 Å². The second-order valence-electron chi connectivity index (χ2n) is 8.25. The monoisotopic (exact) mass is 508 g/mol. The minimum absolute atomic E-state index is 0.142. The number of carbonyl (C=O) groups is 2. The molecule has 0 aliphatic carbocycles. The Morgan fingerprint density at radius 3 is 2.45 bits per heavy atom. The number of aryl methyl sites for hydroxylation is 2. The van der Waals surface area contributed by atoms with Gasteiger partial charge in [-0.05, 0) is 55.3 Å². The van der Waals surface area contributed by atoms with Crippen molar-refractivity contribution in [1.29, 1.82) is 0 Å². The van der Waals surface area contributed by atoms with Gasteiger partial charge in [0.2, 0.25) is 0 Å². The molecule has 1 aliphatic rings. The summed E-state index contributed by atoms with van der Waals surface area (Å²) in [6.07, 6.45) is -0.476. The Hall–Kier alpha value is -3.36. The van der Waals surface area contributed by atoms with Crippen molar-refractivity contribution in [2.75, 3.05) is 4.90 Å². The lowest BCUT2D eigenvalue weighted by atomic mass is 9.88. The molecule has 0 unspecified atom stereocenters. The fraction of sp³-hybridized carbons (Fsp3) is 0.200. The van der Waals surface area contributed by atoms with E-state index in [0.29, 0.717) is 15.7 Å². The van der Waals surface area contributed by atoms with Crippen molar-refractivity contribution in [1.82, 2.24) is 0 Å². The number of carbonyl (C=O) groups excluding carboxylic acids is 2. The molecule has 1 heterocycles. The number of rotatable bonds is 6. The standard InChI is InChI=1S/C25H21BrN2O5/c1-15-3-4-16(2)18(11-15)14-27-22-10-7-19(26)12-21(22)25(31,24(27)30)13-23(29)17-5-8-20(9-6-17)28(32)33/h3-12,31H,13-14H2,1-2H3/t25-/m1/s1. The summed E-state index contributed by atoms with van der Waals surface area (Å²) in [6.45, 7) is 4.19. The summed E-state index contributed by atoms with van der Waals surface area (Å²) in [5.41, 5.74) is 1.91. The predicted molar refractivity (Wildman–Crippen MR) is 127 cm³/mol. The number of amides is 1. The molecule has 0 spiro atoms. The first-order chi connectivity index (χ1) is 15.6. The second-order valence-corrected chi connectivity index (χ2v) is 9.16. The van der Waals surface area contributed by atoms with Crippen molar-refractivity contribution < 1.29 is 19.6 Å². The van der Waals surface area contributed by atoms with E-state index < -0.39 is 28.6 Å². The Morgan fingerprint density at radius 1 is 1.09 bits per heavy atom. The zero-order valence-electron chi connectivity index (χ0n) is 18.0. The van der Waals surface area contributed by atoms with E-state index in [1.54, 1.807) is 18.2 Å². The molecule has 1 amide bonds. The average molecular weight is 509 g/mol. The summed E-state index contributed by atoms with van der Waals surface area (Å²) in [4.78, 5) is 38.3. The first-order valence-corrected chi connectivity index (χ1v) is 11.1. The molecule has 1 N–H and O–H groups in total. The zero-order chi connectivity index (χ0) is 23.9. The van der Waals surface area contributed by atoms with Gasteiger partial charge in [-0.2, -0.15) is 0 Å². The third-order valence-electron chi connectivity index (χ3n) is 5.94. The van der Waals surface area contributed by atoms with Crippen molar-refractivity contribution in [3.63, 3.8) is 0 Å². The summed E-state index contributed by atoms with van der Waals surface area (Å²) in [5.74, 6) is -1.06. The summed E-state index contributed by atoms with van der Waals surface area (Å²) in [6, 6.07) is 16.3.